The van der Waals surface area contributed by atoms with Crippen LogP contribution in [0.2, 0.25) is 0 Å². The summed E-state index contributed by atoms with van der Waals surface area (Å²) >= 11 is 0. The van der Waals surface area contributed by atoms with Crippen molar-refractivity contribution in [1.82, 2.24) is 0 Å². The summed E-state index contributed by atoms with van der Waals surface area (Å²) in [6.45, 7) is 7.80. The van der Waals surface area contributed by atoms with Crippen molar-refractivity contribution >= 4 is 0 Å². The van der Waals surface area contributed by atoms with Crippen LogP contribution < -0.4 is 9.47 Å². The van der Waals surface area contributed by atoms with Crippen molar-refractivity contribution < 1.29 is 19.7 Å². The zero-order valence-electron chi connectivity index (χ0n) is 12.6. The molecule has 2 rings (SSSR count). The molecule has 20 heavy (non-hydrogen) atoms. The second-order valence-electron chi connectivity index (χ2n) is 6.42. The number of aliphatic hydroxyl groups excluding tert-OH is 1. The maximum Gasteiger partial charge on any atom is 0.129 e. The van der Waals surface area contributed by atoms with Gasteiger partial charge in [0, 0.05) is 18.1 Å². The lowest BCUT2D eigenvalue weighted by atomic mass is 9.92. The number of hydrogen-bond acceptors (Lipinski definition) is 4. The third-order valence-corrected chi connectivity index (χ3v) is 3.73. The smallest absolute Gasteiger partial charge is 0.129 e. The molecule has 2 atom stereocenters. The summed E-state index contributed by atoms with van der Waals surface area (Å²) in [5, 5.41) is 20.1. The van der Waals surface area contributed by atoms with E-state index in [2.05, 4.69) is 0 Å². The van der Waals surface area contributed by atoms with E-state index >= 15 is 0 Å². The molecule has 2 N–H and O–H groups in total. The van der Waals surface area contributed by atoms with E-state index in [1.54, 1.807) is 19.1 Å². The number of hydrogen-bond donors (Lipinski definition) is 2. The van der Waals surface area contributed by atoms with Crippen LogP contribution in [0.1, 0.15) is 52.2 Å². The number of benzene rings is 1. The minimum absolute atomic E-state index is 0.230. The van der Waals surface area contributed by atoms with Gasteiger partial charge in [0.1, 0.15) is 23.7 Å². The van der Waals surface area contributed by atoms with Gasteiger partial charge < -0.3 is 19.7 Å². The van der Waals surface area contributed by atoms with Gasteiger partial charge in [-0.25, -0.2) is 0 Å². The highest BCUT2D eigenvalue weighted by Gasteiger charge is 2.33. The van der Waals surface area contributed by atoms with Crippen molar-refractivity contribution in [2.45, 2.75) is 57.8 Å². The van der Waals surface area contributed by atoms with Gasteiger partial charge in [0.25, 0.3) is 0 Å². The molecule has 0 aliphatic carbocycles. The van der Waals surface area contributed by atoms with Crippen LogP contribution >= 0.6 is 0 Å². The zero-order chi connectivity index (χ0) is 15.0. The molecule has 0 bridgehead atoms. The summed E-state index contributed by atoms with van der Waals surface area (Å²) in [6, 6.07) is 5.41. The Morgan fingerprint density at radius 3 is 2.80 bits per heavy atom. The second kappa shape index (κ2) is 5.26. The van der Waals surface area contributed by atoms with Crippen LogP contribution in [-0.4, -0.2) is 28.0 Å². The summed E-state index contributed by atoms with van der Waals surface area (Å²) in [6.07, 6.45) is 0.687. The highest BCUT2D eigenvalue weighted by molar-refractivity contribution is 5.43. The van der Waals surface area contributed by atoms with Crippen molar-refractivity contribution in [2.75, 3.05) is 6.61 Å². The largest absolute Gasteiger partial charge is 0.490 e. The third-order valence-electron chi connectivity index (χ3n) is 3.73. The van der Waals surface area contributed by atoms with Crippen LogP contribution in [0.25, 0.3) is 0 Å². The molecule has 4 heteroatoms. The van der Waals surface area contributed by atoms with Crippen LogP contribution in [0, 0.1) is 0 Å². The van der Waals surface area contributed by atoms with Gasteiger partial charge >= 0.3 is 0 Å². The number of rotatable bonds is 4. The number of aliphatic hydroxyl groups is 2. The standard InChI is InChI=1S/C16H24O4/c1-5-16(4,18)10-19-11-6-7-12-13(17)9-15(2,3)20-14(12)8-11/h6-8,13,17-18H,5,9-10H2,1-4H3. The van der Waals surface area contributed by atoms with Gasteiger partial charge in [-0.3, -0.25) is 0 Å². The predicted octanol–water partition coefficient (Wildman–Crippen LogP) is 2.82. The number of ether oxygens (including phenoxy) is 2. The van der Waals surface area contributed by atoms with Crippen LogP contribution in [0.5, 0.6) is 11.5 Å². The van der Waals surface area contributed by atoms with Crippen LogP contribution in [-0.2, 0) is 0 Å². The lowest BCUT2D eigenvalue weighted by Gasteiger charge is -2.35. The van der Waals surface area contributed by atoms with E-state index in [1.807, 2.05) is 26.8 Å². The van der Waals surface area contributed by atoms with E-state index in [0.29, 0.717) is 24.3 Å². The van der Waals surface area contributed by atoms with E-state index in [-0.39, 0.29) is 12.2 Å². The molecule has 0 amide bonds. The molecule has 1 aliphatic heterocycles. The Morgan fingerprint density at radius 2 is 2.15 bits per heavy atom. The molecule has 1 heterocycles. The first-order chi connectivity index (χ1) is 9.22. The van der Waals surface area contributed by atoms with Crippen LogP contribution in [0.3, 0.4) is 0 Å². The Labute approximate surface area is 120 Å². The SMILES string of the molecule is CCC(C)(O)COc1ccc2c(c1)OC(C)(C)CC2O. The fourth-order valence-electron chi connectivity index (χ4n) is 2.22. The van der Waals surface area contributed by atoms with Gasteiger partial charge in [0.15, 0.2) is 0 Å². The van der Waals surface area contributed by atoms with Gasteiger partial charge in [-0.15, -0.1) is 0 Å². The highest BCUT2D eigenvalue weighted by Crippen LogP contribution is 2.41. The fraction of sp³-hybridized carbons (Fsp3) is 0.625. The summed E-state index contributed by atoms with van der Waals surface area (Å²) in [4.78, 5) is 0. The van der Waals surface area contributed by atoms with E-state index in [0.717, 1.165) is 5.56 Å². The van der Waals surface area contributed by atoms with Crippen molar-refractivity contribution in [3.8, 4) is 11.5 Å². The summed E-state index contributed by atoms with van der Waals surface area (Å²) in [5.41, 5.74) is -0.436. The maximum absolute atomic E-state index is 10.1. The molecule has 0 fully saturated rings. The normalized spacial score (nSPS) is 23.4. The Hall–Kier alpha value is -1.26. The first-order valence-corrected chi connectivity index (χ1v) is 7.09. The first-order valence-electron chi connectivity index (χ1n) is 7.09. The monoisotopic (exact) mass is 280 g/mol. The lowest BCUT2D eigenvalue weighted by Crippen LogP contribution is -2.35. The number of fused-ring (bicyclic) bond motifs is 1. The van der Waals surface area contributed by atoms with E-state index < -0.39 is 11.7 Å². The van der Waals surface area contributed by atoms with Crippen LogP contribution in [0.4, 0.5) is 0 Å². The van der Waals surface area contributed by atoms with Gasteiger partial charge in [-0.2, -0.15) is 0 Å². The topological polar surface area (TPSA) is 58.9 Å². The molecule has 1 aromatic rings. The molecule has 2 unspecified atom stereocenters. The Morgan fingerprint density at radius 1 is 1.45 bits per heavy atom. The average molecular weight is 280 g/mol. The lowest BCUT2D eigenvalue weighted by molar-refractivity contribution is 0.00482. The summed E-state index contributed by atoms with van der Waals surface area (Å²) in [5.74, 6) is 1.30. The molecular formula is C16H24O4. The minimum Gasteiger partial charge on any atom is -0.490 e. The molecule has 0 saturated carbocycles. The molecule has 0 radical (unpaired) electrons. The van der Waals surface area contributed by atoms with Gasteiger partial charge in [0.2, 0.25) is 0 Å². The maximum atomic E-state index is 10.1. The minimum atomic E-state index is -0.838. The van der Waals surface area contributed by atoms with Gasteiger partial charge in [-0.1, -0.05) is 6.92 Å². The zero-order valence-corrected chi connectivity index (χ0v) is 12.6. The predicted molar refractivity (Wildman–Crippen MR) is 77.1 cm³/mol. The first kappa shape index (κ1) is 15.1. The van der Waals surface area contributed by atoms with Crippen LogP contribution in [0.15, 0.2) is 18.2 Å². The van der Waals surface area contributed by atoms with E-state index in [9.17, 15) is 10.2 Å². The van der Waals surface area contributed by atoms with E-state index in [1.165, 1.54) is 0 Å². The Balaban J connectivity index is 2.15. The highest BCUT2D eigenvalue weighted by atomic mass is 16.5. The molecule has 112 valence electrons. The molecule has 1 aliphatic rings. The summed E-state index contributed by atoms with van der Waals surface area (Å²) < 4.78 is 11.5. The van der Waals surface area contributed by atoms with Crippen molar-refractivity contribution in [1.29, 1.82) is 0 Å². The molecular weight excluding hydrogens is 256 g/mol. The third kappa shape index (κ3) is 3.44. The fourth-order valence-corrected chi connectivity index (χ4v) is 2.22. The van der Waals surface area contributed by atoms with Gasteiger partial charge in [-0.05, 0) is 39.3 Å². The molecule has 1 aromatic carbocycles. The van der Waals surface area contributed by atoms with Crippen molar-refractivity contribution in [3.05, 3.63) is 23.8 Å². The molecule has 0 saturated heterocycles. The average Bonchev–Trinajstić information content (AvgIpc) is 2.34. The van der Waals surface area contributed by atoms with Gasteiger partial charge in [0.05, 0.1) is 11.7 Å². The molecule has 0 spiro atoms. The van der Waals surface area contributed by atoms with Crippen molar-refractivity contribution in [3.63, 3.8) is 0 Å². The molecule has 0 aromatic heterocycles. The molecule has 4 nitrogen and oxygen atoms in total. The Kier molecular flexibility index (Phi) is 3.98. The van der Waals surface area contributed by atoms with E-state index in [4.69, 9.17) is 9.47 Å². The Bertz CT molecular complexity index is 479. The van der Waals surface area contributed by atoms with Crippen molar-refractivity contribution in [2.24, 2.45) is 0 Å². The summed E-state index contributed by atoms with van der Waals surface area (Å²) in [7, 11) is 0. The second-order valence-corrected chi connectivity index (χ2v) is 6.42. The quantitative estimate of drug-likeness (QED) is 0.890.